The molecule has 3 aliphatic rings. The average molecular weight is 397 g/mol. The molecule has 1 aromatic rings. The molecule has 0 spiro atoms. The Kier molecular flexibility index (Phi) is 6.31. The fraction of sp³-hybridized carbons (Fsp3) is 0.625. The molecule has 1 aromatic carbocycles. The van der Waals surface area contributed by atoms with E-state index in [9.17, 15) is 14.4 Å². The molecule has 5 nitrogen and oxygen atoms in total. The van der Waals surface area contributed by atoms with Crippen molar-refractivity contribution < 1.29 is 14.4 Å². The zero-order valence-electron chi connectivity index (χ0n) is 17.3. The van der Waals surface area contributed by atoms with Gasteiger partial charge in [0.25, 0.3) is 0 Å². The van der Waals surface area contributed by atoms with Gasteiger partial charge in [-0.15, -0.1) is 0 Å². The predicted molar refractivity (Wildman–Crippen MR) is 112 cm³/mol. The lowest BCUT2D eigenvalue weighted by molar-refractivity contribution is -0.142. The highest BCUT2D eigenvalue weighted by Crippen LogP contribution is 2.27. The van der Waals surface area contributed by atoms with Crippen molar-refractivity contribution in [3.8, 4) is 0 Å². The van der Waals surface area contributed by atoms with E-state index in [1.165, 1.54) is 24.0 Å². The van der Waals surface area contributed by atoms with Crippen LogP contribution >= 0.6 is 0 Å². The Balaban J connectivity index is 1.24. The highest BCUT2D eigenvalue weighted by atomic mass is 16.2. The quantitative estimate of drug-likeness (QED) is 0.717. The number of fused-ring (bicyclic) bond motifs is 1. The van der Waals surface area contributed by atoms with E-state index in [1.807, 2.05) is 21.9 Å². The van der Waals surface area contributed by atoms with E-state index >= 15 is 0 Å². The lowest BCUT2D eigenvalue weighted by Crippen LogP contribution is -2.51. The van der Waals surface area contributed by atoms with Crippen LogP contribution in [0.15, 0.2) is 18.2 Å². The summed E-state index contributed by atoms with van der Waals surface area (Å²) < 4.78 is 0. The number of rotatable bonds is 5. The monoisotopic (exact) mass is 396 g/mol. The number of nitrogens with zero attached hydrogens (tertiary/aromatic N) is 2. The molecule has 1 saturated carbocycles. The Morgan fingerprint density at radius 1 is 0.793 bits per heavy atom. The third kappa shape index (κ3) is 4.71. The summed E-state index contributed by atoms with van der Waals surface area (Å²) in [5, 5.41) is 0. The Hall–Kier alpha value is -2.17. The lowest BCUT2D eigenvalue weighted by Gasteiger charge is -2.36. The smallest absolute Gasteiger partial charge is 0.225 e. The Bertz CT molecular complexity index is 774. The van der Waals surface area contributed by atoms with Gasteiger partial charge in [-0.1, -0.05) is 25.0 Å². The maximum Gasteiger partial charge on any atom is 0.225 e. The largest absolute Gasteiger partial charge is 0.339 e. The third-order valence-electron chi connectivity index (χ3n) is 6.88. The van der Waals surface area contributed by atoms with Gasteiger partial charge in [-0.05, 0) is 55.7 Å². The van der Waals surface area contributed by atoms with Gasteiger partial charge in [-0.3, -0.25) is 14.4 Å². The normalized spacial score (nSPS) is 19.9. The number of hydrogen-bond donors (Lipinski definition) is 0. The number of Topliss-reactive ketones (excluding diaryl/α,β-unsaturated/α-hetero) is 1. The molecule has 0 radical (unpaired) electrons. The van der Waals surface area contributed by atoms with Gasteiger partial charge in [0.1, 0.15) is 0 Å². The van der Waals surface area contributed by atoms with Crippen LogP contribution in [0.1, 0.15) is 72.9 Å². The topological polar surface area (TPSA) is 57.7 Å². The van der Waals surface area contributed by atoms with Crippen LogP contribution in [0.25, 0.3) is 0 Å². The van der Waals surface area contributed by atoms with Crippen LogP contribution in [0.5, 0.6) is 0 Å². The molecule has 2 aliphatic carbocycles. The van der Waals surface area contributed by atoms with Crippen LogP contribution in [-0.4, -0.2) is 53.6 Å². The first-order valence-corrected chi connectivity index (χ1v) is 11.3. The van der Waals surface area contributed by atoms with E-state index < -0.39 is 0 Å². The molecule has 0 bridgehead atoms. The van der Waals surface area contributed by atoms with Gasteiger partial charge in [0.15, 0.2) is 5.78 Å². The number of ketones is 1. The molecule has 0 aromatic heterocycles. The number of piperazine rings is 1. The first-order valence-electron chi connectivity index (χ1n) is 11.3. The Labute approximate surface area is 173 Å². The molecule has 2 fully saturated rings. The van der Waals surface area contributed by atoms with E-state index in [-0.39, 0.29) is 36.4 Å². The minimum absolute atomic E-state index is 0.0317. The summed E-state index contributed by atoms with van der Waals surface area (Å²) >= 11 is 0. The predicted octanol–water partition coefficient (Wildman–Crippen LogP) is 3.39. The van der Waals surface area contributed by atoms with Crippen LogP contribution in [0, 0.1) is 5.92 Å². The van der Waals surface area contributed by atoms with Crippen molar-refractivity contribution in [2.24, 2.45) is 5.92 Å². The fourth-order valence-electron chi connectivity index (χ4n) is 5.04. The van der Waals surface area contributed by atoms with Crippen LogP contribution < -0.4 is 0 Å². The maximum absolute atomic E-state index is 12.6. The van der Waals surface area contributed by atoms with Gasteiger partial charge in [-0.25, -0.2) is 0 Å². The van der Waals surface area contributed by atoms with Crippen molar-refractivity contribution in [2.75, 3.05) is 26.2 Å². The zero-order valence-corrected chi connectivity index (χ0v) is 17.3. The van der Waals surface area contributed by atoms with Crippen molar-refractivity contribution in [3.63, 3.8) is 0 Å². The van der Waals surface area contributed by atoms with Crippen molar-refractivity contribution >= 4 is 17.6 Å². The van der Waals surface area contributed by atoms with E-state index in [2.05, 4.69) is 6.07 Å². The molecule has 0 N–H and O–H groups in total. The molecule has 0 atom stereocenters. The van der Waals surface area contributed by atoms with Crippen molar-refractivity contribution in [1.82, 2.24) is 9.80 Å². The van der Waals surface area contributed by atoms with Crippen LogP contribution in [0.3, 0.4) is 0 Å². The standard InChI is InChI=1S/C24H32N2O3/c27-22(21-10-9-18-5-1-4-8-20(18)17-21)11-12-23(28)25-13-15-26(16-14-25)24(29)19-6-2-3-7-19/h9-10,17,19H,1-8,11-16H2. The summed E-state index contributed by atoms with van der Waals surface area (Å²) in [5.74, 6) is 0.565. The first-order chi connectivity index (χ1) is 14.1. The molecule has 1 saturated heterocycles. The number of aryl methyl sites for hydroxylation is 2. The number of amides is 2. The minimum atomic E-state index is 0.0317. The van der Waals surface area contributed by atoms with Crippen molar-refractivity contribution in [3.05, 3.63) is 34.9 Å². The molecule has 1 aliphatic heterocycles. The van der Waals surface area contributed by atoms with E-state index in [0.717, 1.165) is 44.1 Å². The van der Waals surface area contributed by atoms with Gasteiger partial charge in [-0.2, -0.15) is 0 Å². The second-order valence-corrected chi connectivity index (χ2v) is 8.80. The first kappa shape index (κ1) is 20.1. The van der Waals surface area contributed by atoms with Gasteiger partial charge < -0.3 is 9.80 Å². The molecule has 2 amide bonds. The SMILES string of the molecule is O=C(CCC(=O)N1CCN(C(=O)C2CCCC2)CC1)c1ccc2c(c1)CCCC2. The number of benzene rings is 1. The molecule has 5 heteroatoms. The Morgan fingerprint density at radius 3 is 2.17 bits per heavy atom. The molecule has 156 valence electrons. The summed E-state index contributed by atoms with van der Waals surface area (Å²) in [6.45, 7) is 2.42. The lowest BCUT2D eigenvalue weighted by atomic mass is 9.89. The van der Waals surface area contributed by atoms with E-state index in [0.29, 0.717) is 26.2 Å². The highest BCUT2D eigenvalue weighted by Gasteiger charge is 2.30. The van der Waals surface area contributed by atoms with E-state index in [4.69, 9.17) is 0 Å². The second kappa shape index (κ2) is 9.10. The molecular weight excluding hydrogens is 364 g/mol. The third-order valence-corrected chi connectivity index (χ3v) is 6.88. The van der Waals surface area contributed by atoms with Gasteiger partial charge >= 0.3 is 0 Å². The molecule has 1 heterocycles. The van der Waals surface area contributed by atoms with Crippen LogP contribution in [0.4, 0.5) is 0 Å². The summed E-state index contributed by atoms with van der Waals surface area (Å²) in [5.41, 5.74) is 3.41. The number of hydrogen-bond acceptors (Lipinski definition) is 3. The molecular formula is C24H32N2O3. The summed E-state index contributed by atoms with van der Waals surface area (Å²) in [4.78, 5) is 41.4. The van der Waals surface area contributed by atoms with E-state index in [1.54, 1.807) is 0 Å². The van der Waals surface area contributed by atoms with Crippen molar-refractivity contribution in [1.29, 1.82) is 0 Å². The second-order valence-electron chi connectivity index (χ2n) is 8.80. The zero-order chi connectivity index (χ0) is 20.2. The molecule has 0 unspecified atom stereocenters. The number of carbonyl (C=O) groups excluding carboxylic acids is 3. The van der Waals surface area contributed by atoms with Gasteiger partial charge in [0.05, 0.1) is 0 Å². The Morgan fingerprint density at radius 2 is 1.45 bits per heavy atom. The van der Waals surface area contributed by atoms with Crippen molar-refractivity contribution in [2.45, 2.75) is 64.2 Å². The summed E-state index contributed by atoms with van der Waals surface area (Å²) in [6, 6.07) is 6.04. The van der Waals surface area contributed by atoms with Crippen LogP contribution in [-0.2, 0) is 22.4 Å². The molecule has 4 rings (SSSR count). The maximum atomic E-state index is 12.6. The number of carbonyl (C=O) groups is 3. The van der Waals surface area contributed by atoms with Gasteiger partial charge in [0.2, 0.25) is 11.8 Å². The summed E-state index contributed by atoms with van der Waals surface area (Å²) in [6.07, 6.45) is 9.46. The average Bonchev–Trinajstić information content (AvgIpc) is 3.31. The highest BCUT2D eigenvalue weighted by molar-refractivity contribution is 5.98. The molecule has 29 heavy (non-hydrogen) atoms. The minimum Gasteiger partial charge on any atom is -0.339 e. The fourth-order valence-corrected chi connectivity index (χ4v) is 5.04. The van der Waals surface area contributed by atoms with Crippen LogP contribution in [0.2, 0.25) is 0 Å². The van der Waals surface area contributed by atoms with Gasteiger partial charge in [0, 0.05) is 50.5 Å². The summed E-state index contributed by atoms with van der Waals surface area (Å²) in [7, 11) is 0.